The van der Waals surface area contributed by atoms with Crippen LogP contribution in [-0.4, -0.2) is 14.8 Å². The molecule has 0 saturated carbocycles. The lowest BCUT2D eigenvalue weighted by Gasteiger charge is -2.01. The molecule has 0 radical (unpaired) electrons. The van der Waals surface area contributed by atoms with E-state index in [1.165, 1.54) is 0 Å². The molecule has 0 amide bonds. The van der Waals surface area contributed by atoms with Crippen molar-refractivity contribution in [3.63, 3.8) is 0 Å². The molecular weight excluding hydrogens is 242 g/mol. The molecule has 3 nitrogen and oxygen atoms in total. The molecule has 0 atom stereocenters. The summed E-state index contributed by atoms with van der Waals surface area (Å²) in [5, 5.41) is 4.11. The van der Waals surface area contributed by atoms with Crippen molar-refractivity contribution in [1.82, 2.24) is 14.8 Å². The number of nitrogens with zero attached hydrogens (tertiary/aromatic N) is 3. The molecule has 0 spiro atoms. The van der Waals surface area contributed by atoms with E-state index in [2.05, 4.69) is 26.0 Å². The first kappa shape index (κ1) is 9.40. The minimum atomic E-state index is 0.815. The summed E-state index contributed by atoms with van der Waals surface area (Å²) in [4.78, 5) is 4.28. The molecule has 14 heavy (non-hydrogen) atoms. The van der Waals surface area contributed by atoms with Crippen molar-refractivity contribution in [2.75, 3.05) is 0 Å². The van der Waals surface area contributed by atoms with Crippen molar-refractivity contribution in [1.29, 1.82) is 0 Å². The number of aromatic nitrogens is 3. The van der Waals surface area contributed by atoms with E-state index in [-0.39, 0.29) is 0 Å². The minimum Gasteiger partial charge on any atom is -0.272 e. The molecule has 0 N–H and O–H groups in total. The summed E-state index contributed by atoms with van der Waals surface area (Å²) in [5.74, 6) is 0. The maximum absolute atomic E-state index is 4.28. The molecule has 0 aliphatic rings. The summed E-state index contributed by atoms with van der Waals surface area (Å²) < 4.78 is 2.92. The molecule has 2 aromatic rings. The van der Waals surface area contributed by atoms with Gasteiger partial charge in [0.1, 0.15) is 0 Å². The molecule has 72 valence electrons. The fourth-order valence-corrected chi connectivity index (χ4v) is 1.69. The highest BCUT2D eigenvalue weighted by molar-refractivity contribution is 9.10. The molecule has 2 aromatic heterocycles. The molecule has 0 fully saturated rings. The van der Waals surface area contributed by atoms with E-state index in [0.29, 0.717) is 0 Å². The van der Waals surface area contributed by atoms with Gasteiger partial charge in [0.05, 0.1) is 0 Å². The second-order valence-corrected chi connectivity index (χ2v) is 4.00. The first-order valence-electron chi connectivity index (χ1n) is 4.33. The first-order chi connectivity index (χ1) is 6.75. The number of hydrogen-bond acceptors (Lipinski definition) is 2. The average Bonchev–Trinajstić information content (AvgIpc) is 2.52. The molecule has 4 heteroatoms. The predicted molar refractivity (Wildman–Crippen MR) is 58.0 cm³/mol. The van der Waals surface area contributed by atoms with Crippen LogP contribution in [0.15, 0.2) is 35.1 Å². The van der Waals surface area contributed by atoms with Gasteiger partial charge in [0, 0.05) is 41.7 Å². The van der Waals surface area contributed by atoms with Crippen LogP contribution in [0, 0.1) is 0 Å². The van der Waals surface area contributed by atoms with Crippen LogP contribution >= 0.6 is 15.9 Å². The first-order valence-corrected chi connectivity index (χ1v) is 5.12. The summed E-state index contributed by atoms with van der Waals surface area (Å²) >= 11 is 3.42. The number of halogens is 1. The normalized spacial score (nSPS) is 10.4. The molecule has 0 aromatic carbocycles. The number of pyridine rings is 1. The quantitative estimate of drug-likeness (QED) is 0.820. The highest BCUT2D eigenvalue weighted by Gasteiger charge is 2.01. The van der Waals surface area contributed by atoms with Gasteiger partial charge in [-0.2, -0.15) is 5.10 Å². The maximum Gasteiger partial charge on any atom is 0.0492 e. The maximum atomic E-state index is 4.28. The molecule has 0 bridgehead atoms. The lowest BCUT2D eigenvalue weighted by Crippen LogP contribution is -2.00. The minimum absolute atomic E-state index is 0.815. The average molecular weight is 252 g/mol. The summed E-state index contributed by atoms with van der Waals surface area (Å²) in [6.45, 7) is 0. The van der Waals surface area contributed by atoms with Crippen LogP contribution in [0.3, 0.4) is 0 Å². The Balaban J connectivity index is 2.23. The highest BCUT2D eigenvalue weighted by Crippen LogP contribution is 2.12. The van der Waals surface area contributed by atoms with Gasteiger partial charge in [-0.15, -0.1) is 0 Å². The van der Waals surface area contributed by atoms with Crippen LogP contribution in [0.5, 0.6) is 0 Å². The fraction of sp³-hybridized carbons (Fsp3) is 0.200. The van der Waals surface area contributed by atoms with Gasteiger partial charge in [0.2, 0.25) is 0 Å². The van der Waals surface area contributed by atoms with Crippen molar-refractivity contribution < 1.29 is 0 Å². The van der Waals surface area contributed by atoms with Gasteiger partial charge in [0.15, 0.2) is 0 Å². The van der Waals surface area contributed by atoms with Crippen molar-refractivity contribution in [3.05, 3.63) is 46.5 Å². The van der Waals surface area contributed by atoms with Crippen LogP contribution in [0.2, 0.25) is 0 Å². The van der Waals surface area contributed by atoms with Gasteiger partial charge in [-0.25, -0.2) is 0 Å². The topological polar surface area (TPSA) is 30.7 Å². The Morgan fingerprint density at radius 1 is 1.36 bits per heavy atom. The van der Waals surface area contributed by atoms with Gasteiger partial charge >= 0.3 is 0 Å². The zero-order valence-corrected chi connectivity index (χ0v) is 9.40. The SMILES string of the molecule is Cn1nccc1Cc1cc(Br)ccn1. The molecule has 0 saturated heterocycles. The lowest BCUT2D eigenvalue weighted by atomic mass is 10.2. The second kappa shape index (κ2) is 3.92. The third kappa shape index (κ3) is 2.01. The fourth-order valence-electron chi connectivity index (χ4n) is 1.31. The highest BCUT2D eigenvalue weighted by atomic mass is 79.9. The van der Waals surface area contributed by atoms with Gasteiger partial charge in [-0.3, -0.25) is 9.67 Å². The Bertz CT molecular complexity index is 436. The van der Waals surface area contributed by atoms with Gasteiger partial charge in [0.25, 0.3) is 0 Å². The summed E-state index contributed by atoms with van der Waals surface area (Å²) in [6, 6.07) is 5.95. The van der Waals surface area contributed by atoms with Crippen LogP contribution in [0.4, 0.5) is 0 Å². The van der Waals surface area contributed by atoms with E-state index in [1.54, 1.807) is 12.4 Å². The third-order valence-electron chi connectivity index (χ3n) is 2.06. The Hall–Kier alpha value is -1.16. The Morgan fingerprint density at radius 2 is 2.21 bits per heavy atom. The Kier molecular flexibility index (Phi) is 2.63. The van der Waals surface area contributed by atoms with Crippen molar-refractivity contribution in [2.45, 2.75) is 6.42 Å². The van der Waals surface area contributed by atoms with E-state index >= 15 is 0 Å². The summed E-state index contributed by atoms with van der Waals surface area (Å²) in [6.07, 6.45) is 4.42. The van der Waals surface area contributed by atoms with E-state index in [0.717, 1.165) is 22.3 Å². The Labute approximate surface area is 90.9 Å². The summed E-state index contributed by atoms with van der Waals surface area (Å²) in [7, 11) is 1.94. The smallest absolute Gasteiger partial charge is 0.0492 e. The summed E-state index contributed by atoms with van der Waals surface area (Å²) in [5.41, 5.74) is 2.21. The zero-order chi connectivity index (χ0) is 9.97. The number of rotatable bonds is 2. The second-order valence-electron chi connectivity index (χ2n) is 3.09. The van der Waals surface area contributed by atoms with Crippen molar-refractivity contribution in [3.8, 4) is 0 Å². The van der Waals surface area contributed by atoms with E-state index in [9.17, 15) is 0 Å². The van der Waals surface area contributed by atoms with Crippen molar-refractivity contribution in [2.24, 2.45) is 7.05 Å². The molecule has 0 unspecified atom stereocenters. The van der Waals surface area contributed by atoms with Crippen molar-refractivity contribution >= 4 is 15.9 Å². The standard InChI is InChI=1S/C10H10BrN3/c1-14-10(3-5-13-14)7-9-6-8(11)2-4-12-9/h2-6H,7H2,1H3. The molecule has 2 heterocycles. The molecule has 0 aliphatic carbocycles. The monoisotopic (exact) mass is 251 g/mol. The lowest BCUT2D eigenvalue weighted by molar-refractivity contribution is 0.720. The molecular formula is C10H10BrN3. The largest absolute Gasteiger partial charge is 0.272 e. The van der Waals surface area contributed by atoms with Gasteiger partial charge in [-0.05, 0) is 18.2 Å². The van der Waals surface area contributed by atoms with E-state index < -0.39 is 0 Å². The third-order valence-corrected chi connectivity index (χ3v) is 2.56. The van der Waals surface area contributed by atoms with Gasteiger partial charge in [-0.1, -0.05) is 15.9 Å². The number of aryl methyl sites for hydroxylation is 1. The van der Waals surface area contributed by atoms with Gasteiger partial charge < -0.3 is 0 Å². The predicted octanol–water partition coefficient (Wildman–Crippen LogP) is 2.17. The molecule has 2 rings (SSSR count). The van der Waals surface area contributed by atoms with Crippen LogP contribution in [-0.2, 0) is 13.5 Å². The zero-order valence-electron chi connectivity index (χ0n) is 7.81. The van der Waals surface area contributed by atoms with Crippen LogP contribution in [0.1, 0.15) is 11.4 Å². The molecule has 0 aliphatic heterocycles. The van der Waals surface area contributed by atoms with Crippen LogP contribution in [0.25, 0.3) is 0 Å². The van der Waals surface area contributed by atoms with E-state index in [1.807, 2.05) is 29.9 Å². The van der Waals surface area contributed by atoms with E-state index in [4.69, 9.17) is 0 Å². The Morgan fingerprint density at radius 3 is 2.86 bits per heavy atom. The van der Waals surface area contributed by atoms with Crippen LogP contribution < -0.4 is 0 Å². The number of hydrogen-bond donors (Lipinski definition) is 0.